The molecule has 0 radical (unpaired) electrons. The number of rotatable bonds is 2. The maximum atomic E-state index is 13.7. The Balaban J connectivity index is 2.38. The summed E-state index contributed by atoms with van der Waals surface area (Å²) < 4.78 is 38.3. The van der Waals surface area contributed by atoms with Crippen molar-refractivity contribution >= 4 is 10.0 Å². The van der Waals surface area contributed by atoms with Crippen molar-refractivity contribution in [1.29, 1.82) is 0 Å². The summed E-state index contributed by atoms with van der Waals surface area (Å²) in [6.07, 6.45) is 1.16. The van der Waals surface area contributed by atoms with Crippen LogP contribution in [0.4, 0.5) is 4.39 Å². The summed E-state index contributed by atoms with van der Waals surface area (Å²) in [7, 11) is -3.31. The molecule has 1 N–H and O–H groups in total. The topological polar surface area (TPSA) is 49.4 Å². The van der Waals surface area contributed by atoms with Crippen LogP contribution in [0.1, 0.15) is 11.6 Å². The number of nitrogens with one attached hydrogen (secondary N) is 1. The van der Waals surface area contributed by atoms with E-state index in [0.717, 1.165) is 6.26 Å². The standard InChI is InChI=1S/C11H15FN2O2S/c1-17(15,16)14-7-6-13-8-11(14)9-4-2-3-5-10(9)12/h2-5,11,13H,6-8H2,1H3. The molecule has 1 aliphatic heterocycles. The molecule has 0 spiro atoms. The molecule has 2 rings (SSSR count). The van der Waals surface area contributed by atoms with Gasteiger partial charge in [0.15, 0.2) is 0 Å². The summed E-state index contributed by atoms with van der Waals surface area (Å²) in [4.78, 5) is 0. The van der Waals surface area contributed by atoms with Crippen LogP contribution in [0.5, 0.6) is 0 Å². The zero-order valence-electron chi connectivity index (χ0n) is 9.56. The van der Waals surface area contributed by atoms with E-state index in [9.17, 15) is 12.8 Å². The van der Waals surface area contributed by atoms with Crippen molar-refractivity contribution in [3.63, 3.8) is 0 Å². The quantitative estimate of drug-likeness (QED) is 0.851. The van der Waals surface area contributed by atoms with Crippen LogP contribution >= 0.6 is 0 Å². The van der Waals surface area contributed by atoms with Crippen molar-refractivity contribution < 1.29 is 12.8 Å². The van der Waals surface area contributed by atoms with Crippen LogP contribution in [0, 0.1) is 5.82 Å². The smallest absolute Gasteiger partial charge is 0.211 e. The van der Waals surface area contributed by atoms with Gasteiger partial charge in [-0.25, -0.2) is 12.8 Å². The molecule has 1 aromatic carbocycles. The molecule has 1 heterocycles. The summed E-state index contributed by atoms with van der Waals surface area (Å²) >= 11 is 0. The third-order valence-electron chi connectivity index (χ3n) is 2.88. The number of benzene rings is 1. The zero-order chi connectivity index (χ0) is 12.5. The molecule has 0 amide bonds. The Kier molecular flexibility index (Phi) is 3.46. The van der Waals surface area contributed by atoms with E-state index < -0.39 is 16.1 Å². The van der Waals surface area contributed by atoms with Gasteiger partial charge in [-0.1, -0.05) is 18.2 Å². The lowest BCUT2D eigenvalue weighted by molar-refractivity contribution is 0.268. The van der Waals surface area contributed by atoms with E-state index in [-0.39, 0.29) is 5.82 Å². The van der Waals surface area contributed by atoms with Crippen molar-refractivity contribution in [2.45, 2.75) is 6.04 Å². The highest BCUT2D eigenvalue weighted by Crippen LogP contribution is 2.26. The Hall–Kier alpha value is -0.980. The Morgan fingerprint density at radius 1 is 1.41 bits per heavy atom. The third kappa shape index (κ3) is 2.65. The van der Waals surface area contributed by atoms with Crippen LogP contribution in [0.2, 0.25) is 0 Å². The lowest BCUT2D eigenvalue weighted by Crippen LogP contribution is -2.48. The number of nitrogens with zero attached hydrogens (tertiary/aromatic N) is 1. The molecule has 1 aromatic rings. The van der Waals surface area contributed by atoms with Gasteiger partial charge in [0.1, 0.15) is 5.82 Å². The molecule has 6 heteroatoms. The fourth-order valence-corrected chi connectivity index (χ4v) is 3.17. The molecule has 4 nitrogen and oxygen atoms in total. The van der Waals surface area contributed by atoms with Crippen molar-refractivity contribution in [2.75, 3.05) is 25.9 Å². The van der Waals surface area contributed by atoms with Crippen molar-refractivity contribution in [2.24, 2.45) is 0 Å². The number of halogens is 1. The summed E-state index contributed by atoms with van der Waals surface area (Å²) in [6.45, 7) is 1.41. The molecular weight excluding hydrogens is 243 g/mol. The van der Waals surface area contributed by atoms with E-state index in [1.165, 1.54) is 10.4 Å². The van der Waals surface area contributed by atoms with Crippen LogP contribution in [-0.2, 0) is 10.0 Å². The van der Waals surface area contributed by atoms with Gasteiger partial charge in [0.05, 0.1) is 12.3 Å². The van der Waals surface area contributed by atoms with Gasteiger partial charge >= 0.3 is 0 Å². The van der Waals surface area contributed by atoms with Crippen LogP contribution in [0.25, 0.3) is 0 Å². The Bertz CT molecular complexity index is 504. The zero-order valence-corrected chi connectivity index (χ0v) is 10.4. The Morgan fingerprint density at radius 2 is 2.12 bits per heavy atom. The molecule has 1 aliphatic rings. The highest BCUT2D eigenvalue weighted by Gasteiger charge is 2.31. The molecule has 94 valence electrons. The first-order chi connectivity index (χ1) is 8.00. The fraction of sp³-hybridized carbons (Fsp3) is 0.455. The largest absolute Gasteiger partial charge is 0.313 e. The van der Waals surface area contributed by atoms with Gasteiger partial charge in [-0.2, -0.15) is 4.31 Å². The van der Waals surface area contributed by atoms with Crippen molar-refractivity contribution in [1.82, 2.24) is 9.62 Å². The van der Waals surface area contributed by atoms with Gasteiger partial charge in [-0.3, -0.25) is 0 Å². The summed E-state index contributed by atoms with van der Waals surface area (Å²) in [5.74, 6) is -0.366. The monoisotopic (exact) mass is 258 g/mol. The first-order valence-electron chi connectivity index (χ1n) is 5.42. The van der Waals surface area contributed by atoms with E-state index in [1.807, 2.05) is 0 Å². The molecule has 1 saturated heterocycles. The second-order valence-electron chi connectivity index (χ2n) is 4.12. The Labute approximate surface area is 100 Å². The molecule has 1 atom stereocenters. The second kappa shape index (κ2) is 4.72. The fourth-order valence-electron chi connectivity index (χ4n) is 2.09. The highest BCUT2D eigenvalue weighted by molar-refractivity contribution is 7.88. The number of sulfonamides is 1. The first kappa shape index (κ1) is 12.5. The minimum absolute atomic E-state index is 0.366. The van der Waals surface area contributed by atoms with Crippen LogP contribution in [0.15, 0.2) is 24.3 Å². The normalized spacial score (nSPS) is 22.6. The van der Waals surface area contributed by atoms with Crippen molar-refractivity contribution in [3.8, 4) is 0 Å². The number of piperazine rings is 1. The van der Waals surface area contributed by atoms with E-state index in [1.54, 1.807) is 18.2 Å². The van der Waals surface area contributed by atoms with Gasteiger partial charge in [-0.15, -0.1) is 0 Å². The molecule has 1 unspecified atom stereocenters. The van der Waals surface area contributed by atoms with Gasteiger partial charge in [-0.05, 0) is 6.07 Å². The lowest BCUT2D eigenvalue weighted by Gasteiger charge is -2.34. The second-order valence-corrected chi connectivity index (χ2v) is 6.05. The third-order valence-corrected chi connectivity index (χ3v) is 4.17. The predicted molar refractivity (Wildman–Crippen MR) is 63.6 cm³/mol. The van der Waals surface area contributed by atoms with Crippen LogP contribution in [-0.4, -0.2) is 38.6 Å². The predicted octanol–water partition coefficient (Wildman–Crippen LogP) is 0.732. The molecule has 17 heavy (non-hydrogen) atoms. The molecule has 1 fully saturated rings. The first-order valence-corrected chi connectivity index (χ1v) is 7.27. The maximum absolute atomic E-state index is 13.7. The summed E-state index contributed by atoms with van der Waals surface area (Å²) in [6, 6.07) is 5.84. The van der Waals surface area contributed by atoms with E-state index in [4.69, 9.17) is 0 Å². The molecule has 0 aromatic heterocycles. The van der Waals surface area contributed by atoms with E-state index in [0.29, 0.717) is 25.2 Å². The number of hydrogen-bond donors (Lipinski definition) is 1. The Morgan fingerprint density at radius 3 is 2.76 bits per heavy atom. The van der Waals surface area contributed by atoms with Crippen molar-refractivity contribution in [3.05, 3.63) is 35.6 Å². The molecule has 0 aliphatic carbocycles. The minimum Gasteiger partial charge on any atom is -0.313 e. The van der Waals surface area contributed by atoms with E-state index >= 15 is 0 Å². The van der Waals surface area contributed by atoms with Gasteiger partial charge in [0.25, 0.3) is 0 Å². The van der Waals surface area contributed by atoms with Gasteiger partial charge in [0, 0.05) is 25.2 Å². The van der Waals surface area contributed by atoms with Crippen LogP contribution in [0.3, 0.4) is 0 Å². The molecular formula is C11H15FN2O2S. The average molecular weight is 258 g/mol. The SMILES string of the molecule is CS(=O)(=O)N1CCNCC1c1ccccc1F. The highest BCUT2D eigenvalue weighted by atomic mass is 32.2. The summed E-state index contributed by atoms with van der Waals surface area (Å²) in [5.41, 5.74) is 0.421. The minimum atomic E-state index is -3.31. The summed E-state index contributed by atoms with van der Waals surface area (Å²) in [5, 5.41) is 3.09. The lowest BCUT2D eigenvalue weighted by atomic mass is 10.1. The van der Waals surface area contributed by atoms with Crippen LogP contribution < -0.4 is 5.32 Å². The van der Waals surface area contributed by atoms with Gasteiger partial charge in [0.2, 0.25) is 10.0 Å². The average Bonchev–Trinajstić information content (AvgIpc) is 2.28. The number of hydrogen-bond acceptors (Lipinski definition) is 3. The molecule has 0 saturated carbocycles. The molecule has 0 bridgehead atoms. The maximum Gasteiger partial charge on any atom is 0.211 e. The van der Waals surface area contributed by atoms with Gasteiger partial charge < -0.3 is 5.32 Å². The van der Waals surface area contributed by atoms with E-state index in [2.05, 4.69) is 5.32 Å².